The third-order valence-corrected chi connectivity index (χ3v) is 9.01. The second-order valence-electron chi connectivity index (χ2n) is 15.0. The largest absolute Gasteiger partial charge is 0.497 e. The second kappa shape index (κ2) is 15.1. The van der Waals surface area contributed by atoms with Crippen LogP contribution in [0.2, 0.25) is 0 Å². The molecule has 4 atom stereocenters. The molecule has 3 heterocycles. The number of fused-ring (bicyclic) bond motifs is 4. The van der Waals surface area contributed by atoms with Gasteiger partial charge in [-0.05, 0) is 69.4 Å². The standard InChI is InChI=1S/C36H54N4O7/c1-10-24-28-20-40(29(24)33(42)45-21-22(2)3)32(41)30(35(4,5)6)39-34(43)47-36(7,8)18-14-12-11-13-15-26-31(46-28)38-27-19-23(44-9)16-17-25(27)37-26/h16-17,19,22,24,28-30H,10-15,18,20-21H2,1-9H3,(H,39,43)/t24-,28+,29+,30-/m1/s1. The fourth-order valence-electron chi connectivity index (χ4n) is 6.39. The zero-order valence-electron chi connectivity index (χ0n) is 29.7. The molecule has 2 amide bonds. The van der Waals surface area contributed by atoms with E-state index in [2.05, 4.69) is 5.32 Å². The lowest BCUT2D eigenvalue weighted by atomic mass is 9.85. The number of nitrogens with one attached hydrogen (secondary N) is 1. The minimum Gasteiger partial charge on any atom is -0.497 e. The van der Waals surface area contributed by atoms with Gasteiger partial charge in [-0.15, -0.1) is 0 Å². The first-order chi connectivity index (χ1) is 22.1. The van der Waals surface area contributed by atoms with Crippen LogP contribution in [-0.4, -0.2) is 76.9 Å². The van der Waals surface area contributed by atoms with E-state index in [0.29, 0.717) is 36.4 Å². The highest BCUT2D eigenvalue weighted by Crippen LogP contribution is 2.36. The molecule has 4 rings (SSSR count). The fraction of sp³-hybridized carbons (Fsp3) is 0.694. The van der Waals surface area contributed by atoms with Gasteiger partial charge in [0.2, 0.25) is 11.8 Å². The molecule has 260 valence electrons. The Hall–Kier alpha value is -3.63. The van der Waals surface area contributed by atoms with Gasteiger partial charge >= 0.3 is 12.1 Å². The van der Waals surface area contributed by atoms with Gasteiger partial charge in [0.1, 0.15) is 35.2 Å². The number of benzene rings is 1. The van der Waals surface area contributed by atoms with Crippen molar-refractivity contribution >= 4 is 29.0 Å². The van der Waals surface area contributed by atoms with Crippen molar-refractivity contribution in [1.29, 1.82) is 0 Å². The molecule has 1 N–H and O–H groups in total. The lowest BCUT2D eigenvalue weighted by Crippen LogP contribution is -2.58. The number of methoxy groups -OCH3 is 1. The van der Waals surface area contributed by atoms with Crippen LogP contribution in [0, 0.1) is 17.3 Å². The smallest absolute Gasteiger partial charge is 0.408 e. The maximum Gasteiger partial charge on any atom is 0.408 e. The summed E-state index contributed by atoms with van der Waals surface area (Å²) in [6.07, 6.45) is 4.33. The number of hydrogen-bond donors (Lipinski definition) is 1. The molecule has 0 saturated carbocycles. The van der Waals surface area contributed by atoms with Gasteiger partial charge in [-0.3, -0.25) is 4.79 Å². The summed E-state index contributed by atoms with van der Waals surface area (Å²) in [6.45, 7) is 15.7. The van der Waals surface area contributed by atoms with Crippen molar-refractivity contribution in [3.8, 4) is 11.6 Å². The van der Waals surface area contributed by atoms with Crippen LogP contribution in [0.1, 0.15) is 99.6 Å². The zero-order valence-corrected chi connectivity index (χ0v) is 29.7. The number of carbonyl (C=O) groups is 3. The monoisotopic (exact) mass is 654 g/mol. The van der Waals surface area contributed by atoms with Crippen molar-refractivity contribution in [2.24, 2.45) is 17.3 Å². The molecule has 1 fully saturated rings. The lowest BCUT2D eigenvalue weighted by molar-refractivity contribution is -0.157. The summed E-state index contributed by atoms with van der Waals surface area (Å²) < 4.78 is 23.8. The Morgan fingerprint density at radius 1 is 1.11 bits per heavy atom. The Kier molecular flexibility index (Phi) is 11.6. The molecule has 1 saturated heterocycles. The van der Waals surface area contributed by atoms with E-state index in [0.717, 1.165) is 36.9 Å². The third kappa shape index (κ3) is 9.05. The average molecular weight is 655 g/mol. The Labute approximate surface area is 279 Å². The second-order valence-corrected chi connectivity index (χ2v) is 15.0. The maximum atomic E-state index is 14.5. The van der Waals surface area contributed by atoms with Crippen molar-refractivity contribution in [1.82, 2.24) is 20.2 Å². The molecule has 47 heavy (non-hydrogen) atoms. The summed E-state index contributed by atoms with van der Waals surface area (Å²) in [7, 11) is 1.61. The molecule has 0 radical (unpaired) electrons. The molecule has 2 bridgehead atoms. The Morgan fingerprint density at radius 3 is 2.49 bits per heavy atom. The Morgan fingerprint density at radius 2 is 1.83 bits per heavy atom. The molecule has 1 aromatic heterocycles. The van der Waals surface area contributed by atoms with Gasteiger partial charge in [0, 0.05) is 12.0 Å². The summed E-state index contributed by atoms with van der Waals surface area (Å²) in [6, 6.07) is 3.70. The number of cyclic esters (lactones) is 1. The minimum atomic E-state index is -0.968. The molecule has 1 aromatic carbocycles. The summed E-state index contributed by atoms with van der Waals surface area (Å²) in [5.74, 6) is -0.0854. The Balaban J connectivity index is 1.80. The van der Waals surface area contributed by atoms with Crippen molar-refractivity contribution in [3.05, 3.63) is 23.9 Å². The Bertz CT molecular complexity index is 1420. The highest BCUT2D eigenvalue weighted by Gasteiger charge is 2.52. The van der Waals surface area contributed by atoms with Crippen molar-refractivity contribution in [2.45, 2.75) is 124 Å². The molecular formula is C36H54N4O7. The SMILES string of the molecule is CC[C@@H]1[C@@H]2CN(C(=O)[C@H](C(C)(C)C)NC(=O)OC(C)(C)CCCCCCc3nc4ccc(OC)cc4nc3O2)[C@@H]1C(=O)OCC(C)C. The number of carbonyl (C=O) groups excluding carboxylic acids is 3. The van der Waals surface area contributed by atoms with E-state index < -0.39 is 41.3 Å². The van der Waals surface area contributed by atoms with Crippen LogP contribution in [0.5, 0.6) is 11.6 Å². The number of aryl methyl sites for hydroxylation is 1. The first-order valence-corrected chi connectivity index (χ1v) is 17.1. The van der Waals surface area contributed by atoms with Crippen molar-refractivity contribution < 1.29 is 33.3 Å². The molecule has 0 unspecified atom stereocenters. The number of hydrogen-bond acceptors (Lipinski definition) is 9. The van der Waals surface area contributed by atoms with Gasteiger partial charge in [0.05, 0.1) is 31.3 Å². The van der Waals surface area contributed by atoms with Gasteiger partial charge in [-0.25, -0.2) is 19.6 Å². The number of amides is 2. The molecule has 11 heteroatoms. The van der Waals surface area contributed by atoms with Gasteiger partial charge < -0.3 is 29.2 Å². The summed E-state index contributed by atoms with van der Waals surface area (Å²) >= 11 is 0. The fourth-order valence-corrected chi connectivity index (χ4v) is 6.39. The van der Waals surface area contributed by atoms with Gasteiger partial charge in [-0.1, -0.05) is 54.4 Å². The quantitative estimate of drug-likeness (QED) is 0.372. The number of nitrogens with zero attached hydrogens (tertiary/aromatic N) is 3. The highest BCUT2D eigenvalue weighted by atomic mass is 16.6. The first-order valence-electron chi connectivity index (χ1n) is 17.1. The van der Waals surface area contributed by atoms with Gasteiger partial charge in [0.25, 0.3) is 0 Å². The number of ether oxygens (including phenoxy) is 4. The lowest BCUT2D eigenvalue weighted by Gasteiger charge is -2.36. The number of esters is 1. The van der Waals surface area contributed by atoms with Crippen LogP contribution in [0.15, 0.2) is 18.2 Å². The van der Waals surface area contributed by atoms with Crippen molar-refractivity contribution in [2.75, 3.05) is 20.3 Å². The molecule has 0 spiro atoms. The van der Waals surface area contributed by atoms with Crippen LogP contribution in [-0.2, 0) is 25.5 Å². The van der Waals surface area contributed by atoms with Crippen molar-refractivity contribution in [3.63, 3.8) is 0 Å². The van der Waals surface area contributed by atoms with E-state index in [4.69, 9.17) is 28.9 Å². The first kappa shape index (κ1) is 36.2. The predicted molar refractivity (Wildman–Crippen MR) is 179 cm³/mol. The number of rotatable bonds is 5. The van der Waals surface area contributed by atoms with Crippen LogP contribution < -0.4 is 14.8 Å². The van der Waals surface area contributed by atoms with Crippen LogP contribution in [0.4, 0.5) is 4.79 Å². The van der Waals surface area contributed by atoms with E-state index >= 15 is 0 Å². The van der Waals surface area contributed by atoms with Crippen LogP contribution in [0.25, 0.3) is 11.0 Å². The molecular weight excluding hydrogens is 600 g/mol. The van der Waals surface area contributed by atoms with E-state index in [1.807, 2.05) is 73.6 Å². The topological polar surface area (TPSA) is 129 Å². The summed E-state index contributed by atoms with van der Waals surface area (Å²) in [5, 5.41) is 2.86. The van der Waals surface area contributed by atoms with E-state index in [9.17, 15) is 14.4 Å². The molecule has 11 nitrogen and oxygen atoms in total. The van der Waals surface area contributed by atoms with E-state index in [-0.39, 0.29) is 30.9 Å². The molecule has 0 aliphatic carbocycles. The van der Waals surface area contributed by atoms with Gasteiger partial charge in [-0.2, -0.15) is 0 Å². The summed E-state index contributed by atoms with van der Waals surface area (Å²) in [4.78, 5) is 53.0. The molecule has 2 aliphatic heterocycles. The van der Waals surface area contributed by atoms with E-state index in [1.54, 1.807) is 7.11 Å². The van der Waals surface area contributed by atoms with Gasteiger partial charge in [0.15, 0.2) is 0 Å². The minimum absolute atomic E-state index is 0.116. The zero-order chi connectivity index (χ0) is 34.5. The number of aromatic nitrogens is 2. The molecule has 2 aromatic rings. The highest BCUT2D eigenvalue weighted by molar-refractivity contribution is 5.91. The van der Waals surface area contributed by atoms with E-state index in [1.165, 1.54) is 4.90 Å². The average Bonchev–Trinajstić information content (AvgIpc) is 3.36. The maximum absolute atomic E-state index is 14.5. The third-order valence-electron chi connectivity index (χ3n) is 9.01. The predicted octanol–water partition coefficient (Wildman–Crippen LogP) is 6.25. The van der Waals surface area contributed by atoms with Crippen LogP contribution >= 0.6 is 0 Å². The summed E-state index contributed by atoms with van der Waals surface area (Å²) in [5.41, 5.74) is 0.704. The molecule has 2 aliphatic rings. The normalized spacial score (nSPS) is 24.4. The van der Waals surface area contributed by atoms with Crippen LogP contribution in [0.3, 0.4) is 0 Å². The number of alkyl carbamates (subject to hydrolysis) is 1.